The lowest BCUT2D eigenvalue weighted by Gasteiger charge is -1.94. The van der Waals surface area contributed by atoms with Crippen LogP contribution in [-0.4, -0.2) is 24.3 Å². The van der Waals surface area contributed by atoms with Crippen molar-refractivity contribution in [1.82, 2.24) is 0 Å². The SMILES string of the molecule is CC(=O)OC/C=C/C(C)=C/CO. The van der Waals surface area contributed by atoms with Crippen LogP contribution in [-0.2, 0) is 9.53 Å². The number of esters is 1. The zero-order valence-corrected chi connectivity index (χ0v) is 7.41. The van der Waals surface area contributed by atoms with Crippen LogP contribution in [0.3, 0.4) is 0 Å². The summed E-state index contributed by atoms with van der Waals surface area (Å²) in [4.78, 5) is 10.3. The first-order valence-corrected chi connectivity index (χ1v) is 3.74. The molecule has 0 aliphatic carbocycles. The smallest absolute Gasteiger partial charge is 0.302 e. The van der Waals surface area contributed by atoms with Gasteiger partial charge >= 0.3 is 5.97 Å². The highest BCUT2D eigenvalue weighted by molar-refractivity contribution is 5.66. The topological polar surface area (TPSA) is 46.5 Å². The second-order valence-corrected chi connectivity index (χ2v) is 2.34. The molecule has 3 nitrogen and oxygen atoms in total. The van der Waals surface area contributed by atoms with Crippen LogP contribution < -0.4 is 0 Å². The standard InChI is InChI=1S/C9H14O3/c1-8(5-6-10)4-3-7-12-9(2)11/h3-5,10H,6-7H2,1-2H3/b4-3+,8-5+. The number of carbonyl (C=O) groups is 1. The van der Waals surface area contributed by atoms with Crippen molar-refractivity contribution in [3.05, 3.63) is 23.8 Å². The van der Waals surface area contributed by atoms with E-state index in [0.29, 0.717) is 0 Å². The van der Waals surface area contributed by atoms with Crippen LogP contribution >= 0.6 is 0 Å². The zero-order valence-electron chi connectivity index (χ0n) is 7.41. The van der Waals surface area contributed by atoms with E-state index >= 15 is 0 Å². The minimum Gasteiger partial charge on any atom is -0.462 e. The quantitative estimate of drug-likeness (QED) is 0.506. The summed E-state index contributed by atoms with van der Waals surface area (Å²) in [7, 11) is 0. The van der Waals surface area contributed by atoms with Crippen LogP contribution in [0.1, 0.15) is 13.8 Å². The van der Waals surface area contributed by atoms with Crippen molar-refractivity contribution in [3.8, 4) is 0 Å². The molecule has 0 saturated heterocycles. The fourth-order valence-corrected chi connectivity index (χ4v) is 0.612. The fourth-order valence-electron chi connectivity index (χ4n) is 0.612. The maximum Gasteiger partial charge on any atom is 0.302 e. The monoisotopic (exact) mass is 170 g/mol. The molecule has 0 aromatic heterocycles. The maximum atomic E-state index is 10.3. The van der Waals surface area contributed by atoms with Gasteiger partial charge in [-0.3, -0.25) is 4.79 Å². The summed E-state index contributed by atoms with van der Waals surface area (Å²) in [5.74, 6) is -0.288. The second kappa shape index (κ2) is 6.61. The molecule has 0 aliphatic rings. The van der Waals surface area contributed by atoms with E-state index < -0.39 is 0 Å². The number of ether oxygens (including phenoxy) is 1. The van der Waals surface area contributed by atoms with Gasteiger partial charge in [-0.05, 0) is 13.0 Å². The molecular formula is C9H14O3. The van der Waals surface area contributed by atoms with Crippen LogP contribution in [0.15, 0.2) is 23.8 Å². The molecule has 0 amide bonds. The zero-order chi connectivity index (χ0) is 9.40. The average Bonchev–Trinajstić information content (AvgIpc) is 1.98. The van der Waals surface area contributed by atoms with E-state index in [1.807, 2.05) is 6.92 Å². The Morgan fingerprint density at radius 1 is 1.50 bits per heavy atom. The Hall–Kier alpha value is -1.09. The minimum absolute atomic E-state index is 0.0315. The lowest BCUT2D eigenvalue weighted by Crippen LogP contribution is -1.97. The minimum atomic E-state index is -0.288. The number of aliphatic hydroxyl groups excluding tert-OH is 1. The molecule has 0 bridgehead atoms. The van der Waals surface area contributed by atoms with Crippen molar-refractivity contribution in [2.24, 2.45) is 0 Å². The summed E-state index contributed by atoms with van der Waals surface area (Å²) in [6.45, 7) is 3.54. The molecule has 0 unspecified atom stereocenters. The van der Waals surface area contributed by atoms with E-state index in [4.69, 9.17) is 5.11 Å². The molecule has 3 heteroatoms. The molecule has 0 aromatic carbocycles. The van der Waals surface area contributed by atoms with Gasteiger partial charge in [0, 0.05) is 6.92 Å². The average molecular weight is 170 g/mol. The van der Waals surface area contributed by atoms with Crippen molar-refractivity contribution in [3.63, 3.8) is 0 Å². The third-order valence-electron chi connectivity index (χ3n) is 1.18. The summed E-state index contributed by atoms with van der Waals surface area (Å²) in [6.07, 6.45) is 5.19. The van der Waals surface area contributed by atoms with Crippen molar-refractivity contribution >= 4 is 5.97 Å². The molecule has 0 spiro atoms. The van der Waals surface area contributed by atoms with E-state index in [0.717, 1.165) is 5.57 Å². The van der Waals surface area contributed by atoms with E-state index in [2.05, 4.69) is 4.74 Å². The normalized spacial score (nSPS) is 12.1. The Bertz CT molecular complexity index is 192. The molecule has 0 aliphatic heterocycles. The van der Waals surface area contributed by atoms with Gasteiger partial charge in [-0.15, -0.1) is 0 Å². The van der Waals surface area contributed by atoms with Gasteiger partial charge in [-0.2, -0.15) is 0 Å². The Morgan fingerprint density at radius 3 is 2.67 bits per heavy atom. The van der Waals surface area contributed by atoms with Gasteiger partial charge in [0.2, 0.25) is 0 Å². The Morgan fingerprint density at radius 2 is 2.17 bits per heavy atom. The molecule has 0 saturated carbocycles. The third kappa shape index (κ3) is 7.02. The van der Waals surface area contributed by atoms with Crippen molar-refractivity contribution < 1.29 is 14.6 Å². The van der Waals surface area contributed by atoms with E-state index in [1.165, 1.54) is 6.92 Å². The van der Waals surface area contributed by atoms with Gasteiger partial charge in [-0.25, -0.2) is 0 Å². The predicted octanol–water partition coefficient (Wildman–Crippen LogP) is 1.04. The highest BCUT2D eigenvalue weighted by atomic mass is 16.5. The van der Waals surface area contributed by atoms with Gasteiger partial charge in [-0.1, -0.05) is 17.7 Å². The molecule has 0 radical (unpaired) electrons. The molecule has 0 fully saturated rings. The molecule has 0 atom stereocenters. The first kappa shape index (κ1) is 10.9. The summed E-state index contributed by atoms with van der Waals surface area (Å²) in [5, 5.41) is 8.49. The fraction of sp³-hybridized carbons (Fsp3) is 0.444. The summed E-state index contributed by atoms with van der Waals surface area (Å²) in [5.41, 5.74) is 0.949. The van der Waals surface area contributed by atoms with Crippen LogP contribution in [0.5, 0.6) is 0 Å². The van der Waals surface area contributed by atoms with Crippen molar-refractivity contribution in [1.29, 1.82) is 0 Å². The van der Waals surface area contributed by atoms with Crippen molar-refractivity contribution in [2.45, 2.75) is 13.8 Å². The number of hydrogen-bond acceptors (Lipinski definition) is 3. The molecular weight excluding hydrogens is 156 g/mol. The molecule has 12 heavy (non-hydrogen) atoms. The van der Waals surface area contributed by atoms with Crippen LogP contribution in [0.25, 0.3) is 0 Å². The summed E-state index contributed by atoms with van der Waals surface area (Å²) < 4.78 is 4.65. The number of carbonyl (C=O) groups excluding carboxylic acids is 1. The predicted molar refractivity (Wildman–Crippen MR) is 46.6 cm³/mol. The van der Waals surface area contributed by atoms with Gasteiger partial charge < -0.3 is 9.84 Å². The molecule has 68 valence electrons. The highest BCUT2D eigenvalue weighted by Crippen LogP contribution is 1.93. The van der Waals surface area contributed by atoms with Gasteiger partial charge in [0.25, 0.3) is 0 Å². The molecule has 0 aromatic rings. The molecule has 1 N–H and O–H groups in total. The largest absolute Gasteiger partial charge is 0.462 e. The maximum absolute atomic E-state index is 10.3. The summed E-state index contributed by atoms with van der Waals surface area (Å²) >= 11 is 0. The van der Waals surface area contributed by atoms with Crippen LogP contribution in [0, 0.1) is 0 Å². The van der Waals surface area contributed by atoms with Gasteiger partial charge in [0.1, 0.15) is 6.61 Å². The lowest BCUT2D eigenvalue weighted by molar-refractivity contribution is -0.139. The van der Waals surface area contributed by atoms with E-state index in [1.54, 1.807) is 18.2 Å². The Kier molecular flexibility index (Phi) is 6.01. The molecule has 0 rings (SSSR count). The van der Waals surface area contributed by atoms with E-state index in [-0.39, 0.29) is 19.2 Å². The Labute approximate surface area is 72.3 Å². The number of allylic oxidation sites excluding steroid dienone is 2. The van der Waals surface area contributed by atoms with Crippen LogP contribution in [0.2, 0.25) is 0 Å². The van der Waals surface area contributed by atoms with Crippen LogP contribution in [0.4, 0.5) is 0 Å². The number of hydrogen-bond donors (Lipinski definition) is 1. The summed E-state index contributed by atoms with van der Waals surface area (Å²) in [6, 6.07) is 0. The first-order valence-electron chi connectivity index (χ1n) is 3.74. The number of aliphatic hydroxyl groups is 1. The lowest BCUT2D eigenvalue weighted by atomic mass is 10.2. The van der Waals surface area contributed by atoms with E-state index in [9.17, 15) is 4.79 Å². The van der Waals surface area contributed by atoms with Gasteiger partial charge in [0.05, 0.1) is 6.61 Å². The van der Waals surface area contributed by atoms with Gasteiger partial charge in [0.15, 0.2) is 0 Å². The number of rotatable bonds is 4. The second-order valence-electron chi connectivity index (χ2n) is 2.34. The molecule has 0 heterocycles. The third-order valence-corrected chi connectivity index (χ3v) is 1.18. The first-order chi connectivity index (χ1) is 5.66. The Balaban J connectivity index is 3.61. The van der Waals surface area contributed by atoms with Crippen molar-refractivity contribution in [2.75, 3.05) is 13.2 Å². The highest BCUT2D eigenvalue weighted by Gasteiger charge is 1.86.